The number of amides is 1. The summed E-state index contributed by atoms with van der Waals surface area (Å²) < 4.78 is 5.62. The van der Waals surface area contributed by atoms with E-state index in [1.807, 2.05) is 6.92 Å². The average Bonchev–Trinajstić information content (AvgIpc) is 2.68. The number of ether oxygens (including phenoxy) is 1. The second-order valence-electron chi connectivity index (χ2n) is 6.41. The molecular weight excluding hydrogens is 252 g/mol. The van der Waals surface area contributed by atoms with Gasteiger partial charge in [-0.05, 0) is 25.2 Å². The molecule has 0 aromatic carbocycles. The summed E-state index contributed by atoms with van der Waals surface area (Å²) in [4.78, 5) is 14.8. The lowest BCUT2D eigenvalue weighted by Gasteiger charge is -2.35. The average molecular weight is 284 g/mol. The van der Waals surface area contributed by atoms with E-state index < -0.39 is 0 Å². The van der Waals surface area contributed by atoms with Crippen LogP contribution < -0.4 is 5.32 Å². The predicted molar refractivity (Wildman–Crippen MR) is 82.4 cm³/mol. The molecule has 1 aliphatic rings. The zero-order valence-corrected chi connectivity index (χ0v) is 14.0. The van der Waals surface area contributed by atoms with Gasteiger partial charge >= 0.3 is 0 Å². The molecule has 0 spiro atoms. The predicted octanol–water partition coefficient (Wildman–Crippen LogP) is 2.63. The van der Waals surface area contributed by atoms with Gasteiger partial charge in [0.15, 0.2) is 0 Å². The van der Waals surface area contributed by atoms with Crippen LogP contribution in [0.5, 0.6) is 0 Å². The lowest BCUT2D eigenvalue weighted by molar-refractivity contribution is -0.135. The normalized spacial score (nSPS) is 25.0. The van der Waals surface area contributed by atoms with Gasteiger partial charge in [-0.15, -0.1) is 0 Å². The van der Waals surface area contributed by atoms with Crippen LogP contribution in [0.3, 0.4) is 0 Å². The van der Waals surface area contributed by atoms with E-state index in [0.29, 0.717) is 25.0 Å². The van der Waals surface area contributed by atoms with E-state index in [1.165, 1.54) is 0 Å². The quantitative estimate of drug-likeness (QED) is 0.745. The number of carbonyl (C=O) groups excluding carboxylic acids is 1. The third-order valence-corrected chi connectivity index (χ3v) is 4.08. The van der Waals surface area contributed by atoms with Crippen LogP contribution in [0.1, 0.15) is 54.4 Å². The van der Waals surface area contributed by atoms with Gasteiger partial charge in [0, 0.05) is 6.61 Å². The highest BCUT2D eigenvalue weighted by Crippen LogP contribution is 2.25. The van der Waals surface area contributed by atoms with E-state index in [9.17, 15) is 4.79 Å². The van der Waals surface area contributed by atoms with Gasteiger partial charge in [-0.1, -0.05) is 41.0 Å². The molecule has 1 N–H and O–H groups in total. The van der Waals surface area contributed by atoms with Crippen LogP contribution in [0.2, 0.25) is 0 Å². The molecule has 0 saturated carbocycles. The fraction of sp³-hybridized carbons (Fsp3) is 0.938. The highest BCUT2D eigenvalue weighted by Gasteiger charge is 2.43. The van der Waals surface area contributed by atoms with Crippen molar-refractivity contribution >= 4 is 5.91 Å². The summed E-state index contributed by atoms with van der Waals surface area (Å²) in [5.74, 6) is 0.973. The fourth-order valence-electron chi connectivity index (χ4n) is 2.87. The Labute approximate surface area is 124 Å². The summed E-state index contributed by atoms with van der Waals surface area (Å²) in [6.07, 6.45) is 2.24. The number of hydrogen-bond donors (Lipinski definition) is 1. The highest BCUT2D eigenvalue weighted by atomic mass is 16.5. The molecule has 4 nitrogen and oxygen atoms in total. The molecular formula is C16H32N2O2. The Morgan fingerprint density at radius 2 is 1.90 bits per heavy atom. The number of nitrogens with zero attached hydrogens (tertiary/aromatic N) is 1. The maximum atomic E-state index is 12.7. The van der Waals surface area contributed by atoms with Crippen molar-refractivity contribution in [2.75, 3.05) is 13.2 Å². The van der Waals surface area contributed by atoms with Crippen molar-refractivity contribution in [3.05, 3.63) is 0 Å². The Kier molecular flexibility index (Phi) is 6.96. The summed E-state index contributed by atoms with van der Waals surface area (Å²) in [6.45, 7) is 14.1. The maximum Gasteiger partial charge on any atom is 0.241 e. The number of hydrogen-bond acceptors (Lipinski definition) is 3. The van der Waals surface area contributed by atoms with E-state index >= 15 is 0 Å². The molecule has 1 heterocycles. The van der Waals surface area contributed by atoms with Crippen LogP contribution in [0.25, 0.3) is 0 Å². The van der Waals surface area contributed by atoms with Gasteiger partial charge in [0.2, 0.25) is 5.91 Å². The minimum absolute atomic E-state index is 0.0468. The lowest BCUT2D eigenvalue weighted by atomic mass is 10.0. The molecule has 1 fully saturated rings. The first kappa shape index (κ1) is 17.4. The maximum absolute atomic E-state index is 12.7. The molecule has 118 valence electrons. The van der Waals surface area contributed by atoms with Crippen LogP contribution >= 0.6 is 0 Å². The largest absolute Gasteiger partial charge is 0.380 e. The SMILES string of the molecule is CCCC1NC(C(C)C)C(=O)N1C(COCC)C(C)C. The van der Waals surface area contributed by atoms with Gasteiger partial charge < -0.3 is 9.64 Å². The molecule has 20 heavy (non-hydrogen) atoms. The number of carbonyl (C=O) groups is 1. The summed E-state index contributed by atoms with van der Waals surface area (Å²) in [7, 11) is 0. The smallest absolute Gasteiger partial charge is 0.241 e. The van der Waals surface area contributed by atoms with Crippen molar-refractivity contribution in [2.24, 2.45) is 11.8 Å². The van der Waals surface area contributed by atoms with Crippen molar-refractivity contribution in [2.45, 2.75) is 72.6 Å². The molecule has 1 rings (SSSR count). The topological polar surface area (TPSA) is 41.6 Å². The van der Waals surface area contributed by atoms with Gasteiger partial charge in [0.1, 0.15) is 0 Å². The molecule has 0 bridgehead atoms. The fourth-order valence-corrected chi connectivity index (χ4v) is 2.87. The van der Waals surface area contributed by atoms with E-state index in [0.717, 1.165) is 12.8 Å². The standard InChI is InChI=1S/C16H32N2O2/c1-7-9-14-17-15(12(5)6)16(19)18(14)13(11(3)4)10-20-8-2/h11-15,17H,7-10H2,1-6H3. The molecule has 0 aliphatic carbocycles. The minimum atomic E-state index is -0.0468. The van der Waals surface area contributed by atoms with Crippen LogP contribution in [0.15, 0.2) is 0 Å². The summed E-state index contributed by atoms with van der Waals surface area (Å²) >= 11 is 0. The third kappa shape index (κ3) is 3.95. The van der Waals surface area contributed by atoms with E-state index in [2.05, 4.69) is 44.8 Å². The molecule has 0 radical (unpaired) electrons. The van der Waals surface area contributed by atoms with Crippen LogP contribution in [0, 0.1) is 11.8 Å². The van der Waals surface area contributed by atoms with Crippen molar-refractivity contribution in [1.82, 2.24) is 10.2 Å². The lowest BCUT2D eigenvalue weighted by Crippen LogP contribution is -2.49. The molecule has 3 atom stereocenters. The number of rotatable bonds is 8. The van der Waals surface area contributed by atoms with Gasteiger partial charge in [0.05, 0.1) is 24.9 Å². The van der Waals surface area contributed by atoms with Gasteiger partial charge in [-0.2, -0.15) is 0 Å². The molecule has 1 amide bonds. The Balaban J connectivity index is 2.91. The molecule has 3 unspecified atom stereocenters. The highest BCUT2D eigenvalue weighted by molar-refractivity contribution is 5.85. The van der Waals surface area contributed by atoms with Crippen LogP contribution in [0.4, 0.5) is 0 Å². The summed E-state index contributed by atoms with van der Waals surface area (Å²) in [5, 5.41) is 3.52. The second kappa shape index (κ2) is 7.99. The molecule has 0 aromatic rings. The minimum Gasteiger partial charge on any atom is -0.380 e. The Morgan fingerprint density at radius 3 is 2.35 bits per heavy atom. The first-order valence-electron chi connectivity index (χ1n) is 8.09. The monoisotopic (exact) mass is 284 g/mol. The first-order chi connectivity index (χ1) is 9.43. The summed E-state index contributed by atoms with van der Waals surface area (Å²) in [6, 6.07) is 0.115. The van der Waals surface area contributed by atoms with E-state index in [-0.39, 0.29) is 24.2 Å². The molecule has 1 saturated heterocycles. The van der Waals surface area contributed by atoms with Crippen molar-refractivity contribution in [1.29, 1.82) is 0 Å². The Hall–Kier alpha value is -0.610. The first-order valence-corrected chi connectivity index (χ1v) is 8.09. The van der Waals surface area contributed by atoms with Gasteiger partial charge in [0.25, 0.3) is 0 Å². The second-order valence-corrected chi connectivity index (χ2v) is 6.41. The Bertz CT molecular complexity index is 305. The Morgan fingerprint density at radius 1 is 1.25 bits per heavy atom. The van der Waals surface area contributed by atoms with Crippen LogP contribution in [-0.2, 0) is 9.53 Å². The van der Waals surface area contributed by atoms with Crippen molar-refractivity contribution < 1.29 is 9.53 Å². The van der Waals surface area contributed by atoms with Gasteiger partial charge in [-0.25, -0.2) is 0 Å². The van der Waals surface area contributed by atoms with Crippen LogP contribution in [-0.4, -0.2) is 42.3 Å². The van der Waals surface area contributed by atoms with E-state index in [1.54, 1.807) is 0 Å². The summed E-state index contributed by atoms with van der Waals surface area (Å²) in [5.41, 5.74) is 0. The third-order valence-electron chi connectivity index (χ3n) is 4.08. The van der Waals surface area contributed by atoms with Crippen molar-refractivity contribution in [3.63, 3.8) is 0 Å². The zero-order chi connectivity index (χ0) is 15.3. The molecule has 4 heteroatoms. The van der Waals surface area contributed by atoms with Gasteiger partial charge in [-0.3, -0.25) is 10.1 Å². The number of nitrogens with one attached hydrogen (secondary N) is 1. The zero-order valence-electron chi connectivity index (χ0n) is 14.0. The molecule has 1 aliphatic heterocycles. The van der Waals surface area contributed by atoms with E-state index in [4.69, 9.17) is 4.74 Å². The van der Waals surface area contributed by atoms with Crippen molar-refractivity contribution in [3.8, 4) is 0 Å². The molecule has 0 aromatic heterocycles.